The van der Waals surface area contributed by atoms with Crippen LogP contribution >= 0.6 is 23.3 Å². The first-order valence-electron chi connectivity index (χ1n) is 4.37. The van der Waals surface area contributed by atoms with Crippen LogP contribution in [0.25, 0.3) is 0 Å². The lowest BCUT2D eigenvalue weighted by Crippen LogP contribution is -1.89. The summed E-state index contributed by atoms with van der Waals surface area (Å²) < 4.78 is 17.7. The van der Waals surface area contributed by atoms with Crippen LogP contribution < -0.4 is 0 Å². The van der Waals surface area contributed by atoms with Gasteiger partial charge in [0.05, 0.1) is 11.6 Å². The predicted octanol–water partition coefficient (Wildman–Crippen LogP) is 2.84. The number of hydrogen-bond donors (Lipinski definition) is 0. The van der Waals surface area contributed by atoms with E-state index in [2.05, 4.69) is 9.36 Å². The van der Waals surface area contributed by atoms with Crippen molar-refractivity contribution >= 4 is 23.3 Å². The molecule has 1 aromatic heterocycles. The minimum Gasteiger partial charge on any atom is -0.216 e. The van der Waals surface area contributed by atoms with Crippen molar-refractivity contribution < 1.29 is 4.39 Å². The number of nitrogens with zero attached hydrogens (tertiary/aromatic N) is 3. The number of nitriles is 1. The molecular formula is C10H6FN3S2. The molecule has 80 valence electrons. The zero-order chi connectivity index (χ0) is 11.4. The summed E-state index contributed by atoms with van der Waals surface area (Å²) in [4.78, 5) is 4.00. The van der Waals surface area contributed by atoms with Crippen molar-refractivity contribution in [3.05, 3.63) is 41.5 Å². The number of rotatable bonds is 3. The van der Waals surface area contributed by atoms with Crippen LogP contribution in [0.3, 0.4) is 0 Å². The standard InChI is InChI=1S/C10H6FN3S2/c11-9-2-1-7(4-12)8(3-9)5-15-10-13-6-14-16-10/h1-3,6H,5H2. The molecule has 0 saturated carbocycles. The third-order valence-corrected chi connectivity index (χ3v) is 3.73. The van der Waals surface area contributed by atoms with E-state index in [4.69, 9.17) is 5.26 Å². The fraction of sp³-hybridized carbons (Fsp3) is 0.100. The molecule has 0 spiro atoms. The second-order valence-electron chi connectivity index (χ2n) is 2.91. The van der Waals surface area contributed by atoms with E-state index in [9.17, 15) is 4.39 Å². The lowest BCUT2D eigenvalue weighted by atomic mass is 10.1. The zero-order valence-electron chi connectivity index (χ0n) is 8.05. The Labute approximate surface area is 100 Å². The van der Waals surface area contributed by atoms with Crippen LogP contribution in [0.15, 0.2) is 28.9 Å². The van der Waals surface area contributed by atoms with E-state index in [1.165, 1.54) is 47.8 Å². The monoisotopic (exact) mass is 251 g/mol. The molecular weight excluding hydrogens is 245 g/mol. The minimum atomic E-state index is -0.327. The van der Waals surface area contributed by atoms with Crippen molar-refractivity contribution in [1.29, 1.82) is 5.26 Å². The van der Waals surface area contributed by atoms with Crippen molar-refractivity contribution in [2.75, 3.05) is 0 Å². The highest BCUT2D eigenvalue weighted by Gasteiger charge is 2.05. The summed E-state index contributed by atoms with van der Waals surface area (Å²) in [5.74, 6) is 0.197. The van der Waals surface area contributed by atoms with Gasteiger partial charge in [-0.05, 0) is 35.3 Å². The summed E-state index contributed by atoms with van der Waals surface area (Å²) in [5, 5.41) is 8.86. The van der Waals surface area contributed by atoms with Gasteiger partial charge in [-0.2, -0.15) is 9.64 Å². The minimum absolute atomic E-state index is 0.327. The van der Waals surface area contributed by atoms with Crippen molar-refractivity contribution in [3.63, 3.8) is 0 Å². The maximum atomic E-state index is 13.0. The van der Waals surface area contributed by atoms with E-state index in [1.54, 1.807) is 0 Å². The predicted molar refractivity (Wildman–Crippen MR) is 60.6 cm³/mol. The molecule has 0 bridgehead atoms. The molecule has 6 heteroatoms. The highest BCUT2D eigenvalue weighted by molar-refractivity contribution is 8.00. The molecule has 0 aliphatic rings. The van der Waals surface area contributed by atoms with E-state index in [0.717, 1.165) is 4.34 Å². The van der Waals surface area contributed by atoms with Gasteiger partial charge in [0, 0.05) is 5.75 Å². The molecule has 16 heavy (non-hydrogen) atoms. The number of hydrogen-bond acceptors (Lipinski definition) is 5. The van der Waals surface area contributed by atoms with Gasteiger partial charge < -0.3 is 0 Å². The third-order valence-electron chi connectivity index (χ3n) is 1.88. The maximum absolute atomic E-state index is 13.0. The molecule has 0 radical (unpaired) electrons. The maximum Gasteiger partial charge on any atom is 0.170 e. The normalized spacial score (nSPS) is 10.0. The first kappa shape index (κ1) is 11.0. The van der Waals surface area contributed by atoms with Gasteiger partial charge in [-0.3, -0.25) is 0 Å². The van der Waals surface area contributed by atoms with Gasteiger partial charge in [-0.1, -0.05) is 11.8 Å². The van der Waals surface area contributed by atoms with E-state index in [-0.39, 0.29) is 5.82 Å². The van der Waals surface area contributed by atoms with Crippen LogP contribution in [0.5, 0.6) is 0 Å². The second kappa shape index (κ2) is 5.05. The highest BCUT2D eigenvalue weighted by Crippen LogP contribution is 2.25. The van der Waals surface area contributed by atoms with Crippen LogP contribution in [-0.4, -0.2) is 9.36 Å². The van der Waals surface area contributed by atoms with E-state index >= 15 is 0 Å². The summed E-state index contributed by atoms with van der Waals surface area (Å²) in [6, 6.07) is 6.20. The molecule has 3 nitrogen and oxygen atoms in total. The molecule has 0 N–H and O–H groups in total. The van der Waals surface area contributed by atoms with Crippen molar-refractivity contribution in [1.82, 2.24) is 9.36 Å². The quantitative estimate of drug-likeness (QED) is 0.787. The molecule has 0 unspecified atom stereocenters. The van der Waals surface area contributed by atoms with Gasteiger partial charge in [0.15, 0.2) is 4.34 Å². The molecule has 0 amide bonds. The molecule has 1 heterocycles. The average molecular weight is 251 g/mol. The lowest BCUT2D eigenvalue weighted by molar-refractivity contribution is 0.626. The number of thioether (sulfide) groups is 1. The number of halogens is 1. The second-order valence-corrected chi connectivity index (χ2v) is 4.91. The Morgan fingerprint density at radius 3 is 3.06 bits per heavy atom. The Bertz CT molecular complexity index is 519. The van der Waals surface area contributed by atoms with E-state index in [0.29, 0.717) is 16.9 Å². The summed E-state index contributed by atoms with van der Waals surface area (Å²) >= 11 is 2.73. The molecule has 1 aromatic carbocycles. The molecule has 0 aliphatic heterocycles. The van der Waals surface area contributed by atoms with E-state index in [1.807, 2.05) is 6.07 Å². The lowest BCUT2D eigenvalue weighted by Gasteiger charge is -2.01. The molecule has 0 fully saturated rings. The zero-order valence-corrected chi connectivity index (χ0v) is 9.69. The van der Waals surface area contributed by atoms with Crippen molar-refractivity contribution in [2.45, 2.75) is 10.1 Å². The number of aromatic nitrogens is 2. The fourth-order valence-corrected chi connectivity index (χ4v) is 2.59. The molecule has 0 aliphatic carbocycles. The highest BCUT2D eigenvalue weighted by atomic mass is 32.2. The van der Waals surface area contributed by atoms with Crippen molar-refractivity contribution in [2.24, 2.45) is 0 Å². The molecule has 0 atom stereocenters. The Balaban J connectivity index is 2.15. The fourth-order valence-electron chi connectivity index (χ4n) is 1.16. The molecule has 2 rings (SSSR count). The summed E-state index contributed by atoms with van der Waals surface area (Å²) in [7, 11) is 0. The van der Waals surface area contributed by atoms with E-state index < -0.39 is 0 Å². The molecule has 2 aromatic rings. The first-order chi connectivity index (χ1) is 7.79. The summed E-state index contributed by atoms with van der Waals surface area (Å²) in [6.07, 6.45) is 1.48. The van der Waals surface area contributed by atoms with Crippen LogP contribution in [0.1, 0.15) is 11.1 Å². The van der Waals surface area contributed by atoms with Gasteiger partial charge in [-0.15, -0.1) is 0 Å². The Morgan fingerprint density at radius 2 is 2.38 bits per heavy atom. The smallest absolute Gasteiger partial charge is 0.170 e. The Hall–Kier alpha value is -1.45. The van der Waals surface area contributed by atoms with Crippen LogP contribution in [0, 0.1) is 17.1 Å². The third kappa shape index (κ3) is 2.56. The average Bonchev–Trinajstić information content (AvgIpc) is 2.79. The summed E-state index contributed by atoms with van der Waals surface area (Å²) in [5.41, 5.74) is 1.18. The summed E-state index contributed by atoms with van der Waals surface area (Å²) in [6.45, 7) is 0. The van der Waals surface area contributed by atoms with Crippen molar-refractivity contribution in [3.8, 4) is 6.07 Å². The first-order valence-corrected chi connectivity index (χ1v) is 6.13. The van der Waals surface area contributed by atoms with Crippen LogP contribution in [0.4, 0.5) is 4.39 Å². The number of benzene rings is 1. The van der Waals surface area contributed by atoms with Gasteiger partial charge in [0.1, 0.15) is 12.1 Å². The largest absolute Gasteiger partial charge is 0.216 e. The van der Waals surface area contributed by atoms with Crippen LogP contribution in [0.2, 0.25) is 0 Å². The van der Waals surface area contributed by atoms with Crippen LogP contribution in [-0.2, 0) is 5.75 Å². The topological polar surface area (TPSA) is 49.6 Å². The SMILES string of the molecule is N#Cc1ccc(F)cc1CSc1ncns1. The Morgan fingerprint density at radius 1 is 1.50 bits per heavy atom. The van der Waals surface area contributed by atoms with Gasteiger partial charge in [0.25, 0.3) is 0 Å². The van der Waals surface area contributed by atoms with Gasteiger partial charge >= 0.3 is 0 Å². The van der Waals surface area contributed by atoms with Gasteiger partial charge in [0.2, 0.25) is 0 Å². The Kier molecular flexibility index (Phi) is 3.49. The van der Waals surface area contributed by atoms with Gasteiger partial charge in [-0.25, -0.2) is 9.37 Å². The molecule has 0 saturated heterocycles.